The lowest BCUT2D eigenvalue weighted by atomic mass is 9.78. The van der Waals surface area contributed by atoms with Crippen LogP contribution in [0.2, 0.25) is 0 Å². The smallest absolute Gasteiger partial charge is 0.325 e. The molecule has 134 valence electrons. The molecule has 4 rings (SSSR count). The molecule has 1 N–H and O–H groups in total. The quantitative estimate of drug-likeness (QED) is 0.862. The summed E-state index contributed by atoms with van der Waals surface area (Å²) in [5.41, 5.74) is 2.50. The van der Waals surface area contributed by atoms with Gasteiger partial charge >= 0.3 is 6.03 Å². The molecule has 26 heavy (non-hydrogen) atoms. The van der Waals surface area contributed by atoms with Gasteiger partial charge in [0, 0.05) is 26.7 Å². The van der Waals surface area contributed by atoms with E-state index in [4.69, 9.17) is 0 Å². The molecule has 1 fully saturated rings. The average molecular weight is 350 g/mol. The Morgan fingerprint density at radius 2 is 1.96 bits per heavy atom. The number of amides is 3. The first-order valence-electron chi connectivity index (χ1n) is 8.82. The zero-order chi connectivity index (χ0) is 18.3. The van der Waals surface area contributed by atoms with E-state index in [1.807, 2.05) is 49.3 Å². The third-order valence-corrected chi connectivity index (χ3v) is 5.29. The van der Waals surface area contributed by atoms with Crippen LogP contribution in [-0.4, -0.2) is 41.5 Å². The number of aryl methyl sites for hydroxylation is 1. The van der Waals surface area contributed by atoms with Gasteiger partial charge in [0.2, 0.25) is 0 Å². The molecule has 1 aromatic carbocycles. The van der Waals surface area contributed by atoms with Crippen LogP contribution in [0.15, 0.2) is 42.6 Å². The van der Waals surface area contributed by atoms with Crippen molar-refractivity contribution in [2.45, 2.75) is 31.3 Å². The van der Waals surface area contributed by atoms with Crippen LogP contribution in [0.25, 0.3) is 0 Å². The van der Waals surface area contributed by atoms with Gasteiger partial charge in [0.05, 0.1) is 6.54 Å². The number of carbonyl (C=O) groups excluding carboxylic acids is 2. The number of urea groups is 1. The van der Waals surface area contributed by atoms with E-state index in [-0.39, 0.29) is 18.5 Å². The van der Waals surface area contributed by atoms with Crippen LogP contribution in [0.5, 0.6) is 0 Å². The highest BCUT2D eigenvalue weighted by Gasteiger charge is 2.52. The van der Waals surface area contributed by atoms with Gasteiger partial charge in [0.15, 0.2) is 0 Å². The molecule has 0 bridgehead atoms. The number of imide groups is 1. The largest absolute Gasteiger partial charge is 0.363 e. The Kier molecular flexibility index (Phi) is 3.90. The SMILES string of the molecule is CN(C)c1cc(CN2C(=O)NC3(CCc4ccccc4C3)C2=O)ccn1. The lowest BCUT2D eigenvalue weighted by Crippen LogP contribution is -2.51. The van der Waals surface area contributed by atoms with E-state index in [1.54, 1.807) is 6.20 Å². The Bertz CT molecular complexity index is 880. The third kappa shape index (κ3) is 2.71. The predicted octanol–water partition coefficient (Wildman–Crippen LogP) is 2.13. The molecule has 0 radical (unpaired) electrons. The van der Waals surface area contributed by atoms with Crippen LogP contribution >= 0.6 is 0 Å². The maximum absolute atomic E-state index is 13.1. The van der Waals surface area contributed by atoms with Gasteiger partial charge in [0.1, 0.15) is 11.4 Å². The van der Waals surface area contributed by atoms with Crippen molar-refractivity contribution in [2.24, 2.45) is 0 Å². The number of carbonyl (C=O) groups is 2. The van der Waals surface area contributed by atoms with Gasteiger partial charge in [0.25, 0.3) is 5.91 Å². The Balaban J connectivity index is 1.58. The van der Waals surface area contributed by atoms with E-state index in [2.05, 4.69) is 16.4 Å². The number of hydrogen-bond donors (Lipinski definition) is 1. The lowest BCUT2D eigenvalue weighted by molar-refractivity contribution is -0.132. The van der Waals surface area contributed by atoms with Crippen molar-refractivity contribution >= 4 is 17.8 Å². The molecule has 3 amide bonds. The van der Waals surface area contributed by atoms with E-state index in [1.165, 1.54) is 10.5 Å². The van der Waals surface area contributed by atoms with E-state index >= 15 is 0 Å². The fourth-order valence-electron chi connectivity index (χ4n) is 3.83. The molecule has 0 saturated carbocycles. The van der Waals surface area contributed by atoms with E-state index < -0.39 is 5.54 Å². The number of hydrogen-bond acceptors (Lipinski definition) is 4. The van der Waals surface area contributed by atoms with Gasteiger partial charge in [-0.3, -0.25) is 9.69 Å². The first-order chi connectivity index (χ1) is 12.5. The van der Waals surface area contributed by atoms with Crippen molar-refractivity contribution in [3.63, 3.8) is 0 Å². The molecule has 6 heteroatoms. The summed E-state index contributed by atoms with van der Waals surface area (Å²) in [5, 5.41) is 2.98. The van der Waals surface area contributed by atoms with Crippen molar-refractivity contribution in [3.05, 3.63) is 59.3 Å². The molecule has 1 aromatic heterocycles. The summed E-state index contributed by atoms with van der Waals surface area (Å²) < 4.78 is 0. The van der Waals surface area contributed by atoms with Crippen molar-refractivity contribution < 1.29 is 9.59 Å². The topological polar surface area (TPSA) is 65.5 Å². The lowest BCUT2D eigenvalue weighted by Gasteiger charge is -2.32. The number of nitrogens with one attached hydrogen (secondary N) is 1. The monoisotopic (exact) mass is 350 g/mol. The van der Waals surface area contributed by atoms with Gasteiger partial charge in [-0.25, -0.2) is 9.78 Å². The van der Waals surface area contributed by atoms with Crippen molar-refractivity contribution in [1.82, 2.24) is 15.2 Å². The predicted molar refractivity (Wildman–Crippen MR) is 98.8 cm³/mol. The minimum atomic E-state index is -0.803. The molecular formula is C20H22N4O2. The summed E-state index contributed by atoms with van der Waals surface area (Å²) >= 11 is 0. The fourth-order valence-corrected chi connectivity index (χ4v) is 3.83. The zero-order valence-corrected chi connectivity index (χ0v) is 15.0. The van der Waals surface area contributed by atoms with Gasteiger partial charge in [-0.05, 0) is 41.7 Å². The molecule has 2 aromatic rings. The second kappa shape index (κ2) is 6.12. The van der Waals surface area contributed by atoms with Crippen LogP contribution in [0, 0.1) is 0 Å². The molecule has 2 heterocycles. The standard InChI is InChI=1S/C20H22N4O2/c1-23(2)17-11-14(8-10-21-17)13-24-18(25)20(22-19(24)26)9-7-15-5-3-4-6-16(15)12-20/h3-6,8,10-11H,7,9,12-13H2,1-2H3,(H,22,26). The Labute approximate surface area is 152 Å². The molecule has 1 unspecified atom stereocenters. The minimum absolute atomic E-state index is 0.125. The van der Waals surface area contributed by atoms with Crippen LogP contribution in [-0.2, 0) is 24.2 Å². The van der Waals surface area contributed by atoms with E-state index in [9.17, 15) is 9.59 Å². The van der Waals surface area contributed by atoms with Gasteiger partial charge < -0.3 is 10.2 Å². The molecule has 1 aliphatic heterocycles. The fraction of sp³-hybridized carbons (Fsp3) is 0.350. The molecule has 1 spiro atoms. The van der Waals surface area contributed by atoms with Gasteiger partial charge in [-0.2, -0.15) is 0 Å². The van der Waals surface area contributed by atoms with Crippen molar-refractivity contribution in [3.8, 4) is 0 Å². The summed E-state index contributed by atoms with van der Waals surface area (Å²) in [4.78, 5) is 33.2. The molecular weight excluding hydrogens is 328 g/mol. The number of fused-ring (bicyclic) bond motifs is 1. The minimum Gasteiger partial charge on any atom is -0.363 e. The second-order valence-electron chi connectivity index (χ2n) is 7.27. The molecule has 1 atom stereocenters. The Hall–Kier alpha value is -2.89. The summed E-state index contributed by atoms with van der Waals surface area (Å²) in [6.45, 7) is 0.261. The number of benzene rings is 1. The van der Waals surface area contributed by atoms with Crippen molar-refractivity contribution in [2.75, 3.05) is 19.0 Å². The molecule has 6 nitrogen and oxygen atoms in total. The summed E-state index contributed by atoms with van der Waals surface area (Å²) in [7, 11) is 3.82. The number of rotatable bonds is 3. The summed E-state index contributed by atoms with van der Waals surface area (Å²) in [6.07, 6.45) is 3.71. The van der Waals surface area contributed by atoms with E-state index in [0.717, 1.165) is 23.4 Å². The van der Waals surface area contributed by atoms with Crippen LogP contribution in [0.4, 0.5) is 10.6 Å². The highest BCUT2D eigenvalue weighted by molar-refractivity contribution is 6.07. The van der Waals surface area contributed by atoms with Crippen LogP contribution in [0.1, 0.15) is 23.1 Å². The number of aromatic nitrogens is 1. The first kappa shape index (κ1) is 16.6. The molecule has 2 aliphatic rings. The molecule has 1 saturated heterocycles. The molecule has 1 aliphatic carbocycles. The summed E-state index contributed by atoms with van der Waals surface area (Å²) in [6, 6.07) is 11.6. The van der Waals surface area contributed by atoms with Gasteiger partial charge in [-0.15, -0.1) is 0 Å². The zero-order valence-electron chi connectivity index (χ0n) is 15.0. The second-order valence-corrected chi connectivity index (χ2v) is 7.27. The average Bonchev–Trinajstić information content (AvgIpc) is 2.86. The third-order valence-electron chi connectivity index (χ3n) is 5.29. The van der Waals surface area contributed by atoms with Crippen LogP contribution in [0.3, 0.4) is 0 Å². The van der Waals surface area contributed by atoms with Crippen molar-refractivity contribution in [1.29, 1.82) is 0 Å². The normalized spacial score (nSPS) is 21.7. The highest BCUT2D eigenvalue weighted by Crippen LogP contribution is 2.34. The first-order valence-corrected chi connectivity index (χ1v) is 8.82. The highest BCUT2D eigenvalue weighted by atomic mass is 16.2. The van der Waals surface area contributed by atoms with Gasteiger partial charge in [-0.1, -0.05) is 24.3 Å². The maximum atomic E-state index is 13.1. The Morgan fingerprint density at radius 3 is 2.73 bits per heavy atom. The Morgan fingerprint density at radius 1 is 1.19 bits per heavy atom. The summed E-state index contributed by atoms with van der Waals surface area (Å²) in [5.74, 6) is 0.677. The maximum Gasteiger partial charge on any atom is 0.325 e. The van der Waals surface area contributed by atoms with E-state index in [0.29, 0.717) is 12.8 Å². The number of anilines is 1. The van der Waals surface area contributed by atoms with Crippen LogP contribution < -0.4 is 10.2 Å². The number of pyridine rings is 1. The number of nitrogens with zero attached hydrogens (tertiary/aromatic N) is 3.